The van der Waals surface area contributed by atoms with Gasteiger partial charge in [0.25, 0.3) is 0 Å². The molecule has 0 spiro atoms. The zero-order valence-electron chi connectivity index (χ0n) is 14.4. The van der Waals surface area contributed by atoms with Gasteiger partial charge in [-0.05, 0) is 71.3 Å². The Morgan fingerprint density at radius 1 is 1.19 bits per heavy atom. The quantitative estimate of drug-likeness (QED) is 0.837. The monoisotopic (exact) mass is 290 g/mol. The van der Waals surface area contributed by atoms with Gasteiger partial charge in [-0.1, -0.05) is 18.2 Å². The summed E-state index contributed by atoms with van der Waals surface area (Å²) in [6.45, 7) is 9.20. The average Bonchev–Trinajstić information content (AvgIpc) is 2.40. The summed E-state index contributed by atoms with van der Waals surface area (Å²) in [4.78, 5) is 14.0. The van der Waals surface area contributed by atoms with E-state index >= 15 is 0 Å². The summed E-state index contributed by atoms with van der Waals surface area (Å²) < 4.78 is 0. The number of carbonyl (C=O) groups excluding carboxylic acids is 1. The largest absolute Gasteiger partial charge is 0.354 e. The third-order valence-corrected chi connectivity index (χ3v) is 4.37. The highest BCUT2D eigenvalue weighted by Crippen LogP contribution is 2.12. The first-order chi connectivity index (χ1) is 9.72. The summed E-state index contributed by atoms with van der Waals surface area (Å²) in [7, 11) is 4.07. The van der Waals surface area contributed by atoms with E-state index in [-0.39, 0.29) is 11.4 Å². The number of aryl methyl sites for hydroxylation is 3. The first kappa shape index (κ1) is 17.7. The van der Waals surface area contributed by atoms with Gasteiger partial charge in [-0.25, -0.2) is 0 Å². The van der Waals surface area contributed by atoms with Crippen LogP contribution < -0.4 is 5.32 Å². The number of benzene rings is 1. The van der Waals surface area contributed by atoms with Gasteiger partial charge in [0, 0.05) is 18.5 Å². The normalized spacial score (nSPS) is 11.8. The molecule has 0 heterocycles. The predicted octanol–water partition coefficient (Wildman–Crippen LogP) is 3.08. The van der Waals surface area contributed by atoms with Crippen LogP contribution in [-0.2, 0) is 11.2 Å². The fraction of sp³-hybridized carbons (Fsp3) is 0.611. The number of carbonyl (C=O) groups is 1. The third-order valence-electron chi connectivity index (χ3n) is 4.37. The number of hydrogen-bond acceptors (Lipinski definition) is 2. The molecule has 3 nitrogen and oxygen atoms in total. The highest BCUT2D eigenvalue weighted by Gasteiger charge is 2.20. The molecule has 0 aromatic heterocycles. The molecule has 21 heavy (non-hydrogen) atoms. The highest BCUT2D eigenvalue weighted by molar-refractivity contribution is 5.75. The van der Waals surface area contributed by atoms with E-state index in [0.717, 1.165) is 12.8 Å². The van der Waals surface area contributed by atoms with Crippen molar-refractivity contribution >= 4 is 5.91 Å². The molecular formula is C18H30N2O. The fourth-order valence-electron chi connectivity index (χ4n) is 1.97. The van der Waals surface area contributed by atoms with E-state index in [4.69, 9.17) is 0 Å². The van der Waals surface area contributed by atoms with E-state index in [1.54, 1.807) is 0 Å². The number of rotatable bonds is 7. The first-order valence-corrected chi connectivity index (χ1v) is 7.72. The SMILES string of the molecule is Cc1ccc(CCCC(=O)NCC(C)(C)N(C)C)cc1C. The number of likely N-dealkylation sites (N-methyl/N-ethyl adjacent to an activating group) is 1. The lowest BCUT2D eigenvalue weighted by atomic mass is 10.0. The highest BCUT2D eigenvalue weighted by atomic mass is 16.1. The molecule has 1 aromatic rings. The topological polar surface area (TPSA) is 32.3 Å². The number of nitrogens with zero attached hydrogens (tertiary/aromatic N) is 1. The van der Waals surface area contributed by atoms with Crippen LogP contribution in [0.2, 0.25) is 0 Å². The molecule has 0 saturated heterocycles. The molecule has 1 N–H and O–H groups in total. The predicted molar refractivity (Wildman–Crippen MR) is 89.6 cm³/mol. The van der Waals surface area contributed by atoms with Crippen molar-refractivity contribution in [3.63, 3.8) is 0 Å². The summed E-state index contributed by atoms with van der Waals surface area (Å²) in [5, 5.41) is 3.03. The van der Waals surface area contributed by atoms with Crippen molar-refractivity contribution in [2.24, 2.45) is 0 Å². The van der Waals surface area contributed by atoms with Crippen molar-refractivity contribution in [2.75, 3.05) is 20.6 Å². The van der Waals surface area contributed by atoms with E-state index in [1.807, 2.05) is 14.1 Å². The van der Waals surface area contributed by atoms with Gasteiger partial charge in [0.2, 0.25) is 5.91 Å². The van der Waals surface area contributed by atoms with Gasteiger partial charge in [-0.3, -0.25) is 4.79 Å². The van der Waals surface area contributed by atoms with Gasteiger partial charge < -0.3 is 10.2 Å². The van der Waals surface area contributed by atoms with Crippen molar-refractivity contribution < 1.29 is 4.79 Å². The lowest BCUT2D eigenvalue weighted by Crippen LogP contribution is -2.48. The molecule has 0 aliphatic rings. The Morgan fingerprint density at radius 2 is 1.86 bits per heavy atom. The maximum absolute atomic E-state index is 11.9. The minimum atomic E-state index is -0.0102. The van der Waals surface area contributed by atoms with Crippen LogP contribution in [0.5, 0.6) is 0 Å². The van der Waals surface area contributed by atoms with Crippen molar-refractivity contribution in [1.29, 1.82) is 0 Å². The van der Waals surface area contributed by atoms with Crippen molar-refractivity contribution in [2.45, 2.75) is 52.5 Å². The summed E-state index contributed by atoms with van der Waals surface area (Å²) in [5.74, 6) is 0.147. The summed E-state index contributed by atoms with van der Waals surface area (Å²) in [6, 6.07) is 6.54. The van der Waals surface area contributed by atoms with Crippen molar-refractivity contribution in [3.05, 3.63) is 34.9 Å². The molecule has 1 amide bonds. The van der Waals surface area contributed by atoms with Crippen LogP contribution in [0.25, 0.3) is 0 Å². The van der Waals surface area contributed by atoms with Crippen molar-refractivity contribution in [1.82, 2.24) is 10.2 Å². The average molecular weight is 290 g/mol. The minimum Gasteiger partial charge on any atom is -0.354 e. The second-order valence-electron chi connectivity index (χ2n) is 6.76. The van der Waals surface area contributed by atoms with Gasteiger partial charge in [0.15, 0.2) is 0 Å². The van der Waals surface area contributed by atoms with Crippen LogP contribution in [-0.4, -0.2) is 37.0 Å². The fourth-order valence-corrected chi connectivity index (χ4v) is 1.97. The zero-order chi connectivity index (χ0) is 16.0. The Morgan fingerprint density at radius 3 is 2.43 bits per heavy atom. The first-order valence-electron chi connectivity index (χ1n) is 7.72. The van der Waals surface area contributed by atoms with E-state index in [0.29, 0.717) is 13.0 Å². The van der Waals surface area contributed by atoms with Crippen LogP contribution >= 0.6 is 0 Å². The molecular weight excluding hydrogens is 260 g/mol. The van der Waals surface area contributed by atoms with Gasteiger partial charge in [0.05, 0.1) is 0 Å². The summed E-state index contributed by atoms with van der Waals surface area (Å²) in [6.07, 6.45) is 2.46. The van der Waals surface area contributed by atoms with Crippen LogP contribution in [0.1, 0.15) is 43.4 Å². The molecule has 0 aliphatic carbocycles. The van der Waals surface area contributed by atoms with Crippen LogP contribution in [0, 0.1) is 13.8 Å². The number of nitrogens with one attached hydrogen (secondary N) is 1. The Labute approximate surface area is 129 Å². The Balaban J connectivity index is 2.32. The Hall–Kier alpha value is -1.35. The standard InChI is InChI=1S/C18H30N2O/c1-14-10-11-16(12-15(14)2)8-7-9-17(21)19-13-18(3,4)20(5)6/h10-12H,7-9,13H2,1-6H3,(H,19,21). The summed E-state index contributed by atoms with van der Waals surface area (Å²) >= 11 is 0. The summed E-state index contributed by atoms with van der Waals surface area (Å²) in [5.41, 5.74) is 3.95. The second-order valence-corrected chi connectivity index (χ2v) is 6.76. The maximum atomic E-state index is 11.9. The van der Waals surface area contributed by atoms with Crippen LogP contribution in [0.15, 0.2) is 18.2 Å². The second kappa shape index (κ2) is 7.60. The van der Waals surface area contributed by atoms with Crippen LogP contribution in [0.4, 0.5) is 0 Å². The molecule has 0 unspecified atom stereocenters. The lowest BCUT2D eigenvalue weighted by Gasteiger charge is -2.32. The van der Waals surface area contributed by atoms with E-state index in [9.17, 15) is 4.79 Å². The molecule has 3 heteroatoms. The van der Waals surface area contributed by atoms with Gasteiger partial charge in [0.1, 0.15) is 0 Å². The molecule has 1 aromatic carbocycles. The molecule has 0 saturated carbocycles. The third kappa shape index (κ3) is 5.88. The Kier molecular flexibility index (Phi) is 6.41. The molecule has 0 atom stereocenters. The smallest absolute Gasteiger partial charge is 0.220 e. The van der Waals surface area contributed by atoms with E-state index in [2.05, 4.69) is 56.1 Å². The molecule has 0 fully saturated rings. The van der Waals surface area contributed by atoms with Crippen molar-refractivity contribution in [3.8, 4) is 0 Å². The zero-order valence-corrected chi connectivity index (χ0v) is 14.4. The molecule has 0 bridgehead atoms. The molecule has 118 valence electrons. The minimum absolute atomic E-state index is 0.0102. The van der Waals surface area contributed by atoms with Gasteiger partial charge >= 0.3 is 0 Å². The Bertz CT molecular complexity index is 478. The van der Waals surface area contributed by atoms with Gasteiger partial charge in [-0.15, -0.1) is 0 Å². The van der Waals surface area contributed by atoms with Crippen LogP contribution in [0.3, 0.4) is 0 Å². The van der Waals surface area contributed by atoms with E-state index < -0.39 is 0 Å². The molecule has 0 aliphatic heterocycles. The number of amides is 1. The lowest BCUT2D eigenvalue weighted by molar-refractivity contribution is -0.121. The molecule has 1 rings (SSSR count). The molecule has 0 radical (unpaired) electrons. The van der Waals surface area contributed by atoms with Gasteiger partial charge in [-0.2, -0.15) is 0 Å². The maximum Gasteiger partial charge on any atom is 0.220 e. The number of hydrogen-bond donors (Lipinski definition) is 1. The van der Waals surface area contributed by atoms with E-state index in [1.165, 1.54) is 16.7 Å².